The number of nitrogens with zero attached hydrogens (tertiary/aromatic N) is 1. The molecule has 0 aliphatic carbocycles. The van der Waals surface area contributed by atoms with E-state index in [2.05, 4.69) is 12.2 Å². The standard InChI is InChI=1S/C19H28N2O4/c1-3-4-12-25-17-8-6-16(7-9-17)21-14-15(13-18(21)22)19(23)20-10-5-11-24-2/h6-9,15H,3-5,10-14H2,1-2H3,(H,20,23). The van der Waals surface area contributed by atoms with E-state index >= 15 is 0 Å². The first-order valence-electron chi connectivity index (χ1n) is 8.95. The van der Waals surface area contributed by atoms with Crippen molar-refractivity contribution >= 4 is 17.5 Å². The van der Waals surface area contributed by atoms with Gasteiger partial charge in [0.2, 0.25) is 11.8 Å². The van der Waals surface area contributed by atoms with Crippen LogP contribution in [0.3, 0.4) is 0 Å². The van der Waals surface area contributed by atoms with E-state index in [9.17, 15) is 9.59 Å². The fraction of sp³-hybridized carbons (Fsp3) is 0.579. The number of anilines is 1. The van der Waals surface area contributed by atoms with Crippen molar-refractivity contribution in [3.05, 3.63) is 24.3 Å². The maximum absolute atomic E-state index is 12.3. The minimum absolute atomic E-state index is 0.0170. The van der Waals surface area contributed by atoms with E-state index in [4.69, 9.17) is 9.47 Å². The van der Waals surface area contributed by atoms with Crippen molar-refractivity contribution in [1.82, 2.24) is 5.32 Å². The highest BCUT2D eigenvalue weighted by molar-refractivity contribution is 6.00. The normalized spacial score (nSPS) is 17.0. The summed E-state index contributed by atoms with van der Waals surface area (Å²) in [4.78, 5) is 26.1. The van der Waals surface area contributed by atoms with Crippen molar-refractivity contribution < 1.29 is 19.1 Å². The predicted molar refractivity (Wildman–Crippen MR) is 96.8 cm³/mol. The summed E-state index contributed by atoms with van der Waals surface area (Å²) in [5, 5.41) is 2.87. The van der Waals surface area contributed by atoms with E-state index in [-0.39, 0.29) is 24.2 Å². The zero-order chi connectivity index (χ0) is 18.1. The van der Waals surface area contributed by atoms with Gasteiger partial charge in [-0.2, -0.15) is 0 Å². The van der Waals surface area contributed by atoms with Crippen LogP contribution in [0, 0.1) is 5.92 Å². The average Bonchev–Trinajstić information content (AvgIpc) is 3.01. The van der Waals surface area contributed by atoms with E-state index in [1.807, 2.05) is 24.3 Å². The van der Waals surface area contributed by atoms with Gasteiger partial charge < -0.3 is 19.7 Å². The third-order valence-corrected chi connectivity index (χ3v) is 4.24. The summed E-state index contributed by atoms with van der Waals surface area (Å²) in [6.07, 6.45) is 3.14. The molecule has 1 fully saturated rings. The topological polar surface area (TPSA) is 67.9 Å². The lowest BCUT2D eigenvalue weighted by Gasteiger charge is -2.17. The first kappa shape index (κ1) is 19.2. The molecule has 138 valence electrons. The minimum atomic E-state index is -0.296. The van der Waals surface area contributed by atoms with E-state index in [1.165, 1.54) is 0 Å². The van der Waals surface area contributed by atoms with Gasteiger partial charge in [-0.15, -0.1) is 0 Å². The Morgan fingerprint density at radius 1 is 1.24 bits per heavy atom. The largest absolute Gasteiger partial charge is 0.494 e. The maximum atomic E-state index is 12.3. The molecular formula is C19H28N2O4. The van der Waals surface area contributed by atoms with Crippen molar-refractivity contribution in [1.29, 1.82) is 0 Å². The Morgan fingerprint density at radius 3 is 2.68 bits per heavy atom. The summed E-state index contributed by atoms with van der Waals surface area (Å²) < 4.78 is 10.6. The number of ether oxygens (including phenoxy) is 2. The molecule has 1 aliphatic rings. The number of rotatable bonds is 10. The van der Waals surface area contributed by atoms with Gasteiger partial charge in [0.05, 0.1) is 12.5 Å². The van der Waals surface area contributed by atoms with Crippen LogP contribution >= 0.6 is 0 Å². The number of carbonyl (C=O) groups is 2. The van der Waals surface area contributed by atoms with Crippen molar-refractivity contribution in [2.75, 3.05) is 38.3 Å². The van der Waals surface area contributed by atoms with Crippen LogP contribution in [-0.2, 0) is 14.3 Å². The van der Waals surface area contributed by atoms with Crippen LogP contribution in [-0.4, -0.2) is 45.2 Å². The number of unbranched alkanes of at least 4 members (excludes halogenated alkanes) is 1. The fourth-order valence-corrected chi connectivity index (χ4v) is 2.76. The molecule has 1 heterocycles. The van der Waals surface area contributed by atoms with E-state index in [1.54, 1.807) is 12.0 Å². The Morgan fingerprint density at radius 2 is 2.00 bits per heavy atom. The quantitative estimate of drug-likeness (QED) is 0.659. The monoisotopic (exact) mass is 348 g/mol. The lowest BCUT2D eigenvalue weighted by molar-refractivity contribution is -0.126. The minimum Gasteiger partial charge on any atom is -0.494 e. The lowest BCUT2D eigenvalue weighted by atomic mass is 10.1. The SMILES string of the molecule is CCCCOc1ccc(N2CC(C(=O)NCCCOC)CC2=O)cc1. The van der Waals surface area contributed by atoms with Crippen molar-refractivity contribution in [2.45, 2.75) is 32.6 Å². The van der Waals surface area contributed by atoms with E-state index in [0.29, 0.717) is 26.3 Å². The molecule has 6 heteroatoms. The van der Waals surface area contributed by atoms with Crippen LogP contribution in [0.5, 0.6) is 5.75 Å². The maximum Gasteiger partial charge on any atom is 0.227 e. The Kier molecular flexibility index (Phi) is 7.73. The van der Waals surface area contributed by atoms with Crippen LogP contribution in [0.15, 0.2) is 24.3 Å². The highest BCUT2D eigenvalue weighted by Gasteiger charge is 2.34. The molecule has 0 radical (unpaired) electrons. The Labute approximate surface area is 149 Å². The molecule has 1 N–H and O–H groups in total. The van der Waals surface area contributed by atoms with Crippen LogP contribution in [0.2, 0.25) is 0 Å². The first-order chi connectivity index (χ1) is 12.2. The molecule has 1 atom stereocenters. The highest BCUT2D eigenvalue weighted by Crippen LogP contribution is 2.27. The molecule has 2 amide bonds. The zero-order valence-corrected chi connectivity index (χ0v) is 15.1. The number of hydrogen-bond acceptors (Lipinski definition) is 4. The van der Waals surface area contributed by atoms with Crippen molar-refractivity contribution in [3.8, 4) is 5.75 Å². The summed E-state index contributed by atoms with van der Waals surface area (Å²) in [6, 6.07) is 7.49. The molecule has 0 bridgehead atoms. The molecule has 0 aromatic heterocycles. The van der Waals surface area contributed by atoms with E-state index < -0.39 is 0 Å². The second kappa shape index (κ2) is 10.0. The molecular weight excluding hydrogens is 320 g/mol. The number of benzene rings is 1. The molecule has 1 aromatic rings. The predicted octanol–water partition coefficient (Wildman–Crippen LogP) is 2.37. The second-order valence-corrected chi connectivity index (χ2v) is 6.24. The molecule has 1 aromatic carbocycles. The summed E-state index contributed by atoms with van der Waals surface area (Å²) in [7, 11) is 1.63. The number of carbonyl (C=O) groups excluding carboxylic acids is 2. The van der Waals surface area contributed by atoms with Gasteiger partial charge in [0.15, 0.2) is 0 Å². The van der Waals surface area contributed by atoms with Crippen LogP contribution < -0.4 is 15.0 Å². The third-order valence-electron chi connectivity index (χ3n) is 4.24. The van der Waals surface area contributed by atoms with Crippen LogP contribution in [0.25, 0.3) is 0 Å². The fourth-order valence-electron chi connectivity index (χ4n) is 2.76. The highest BCUT2D eigenvalue weighted by atomic mass is 16.5. The third kappa shape index (κ3) is 5.74. The Balaban J connectivity index is 1.86. The summed E-state index contributed by atoms with van der Waals surface area (Å²) in [5.41, 5.74) is 0.808. The molecule has 6 nitrogen and oxygen atoms in total. The van der Waals surface area contributed by atoms with Gasteiger partial charge >= 0.3 is 0 Å². The molecule has 25 heavy (non-hydrogen) atoms. The number of hydrogen-bond donors (Lipinski definition) is 1. The van der Waals surface area contributed by atoms with Gasteiger partial charge in [0.1, 0.15) is 5.75 Å². The molecule has 1 saturated heterocycles. The molecule has 1 unspecified atom stereocenters. The van der Waals surface area contributed by atoms with Gasteiger partial charge in [0, 0.05) is 38.9 Å². The van der Waals surface area contributed by atoms with Crippen molar-refractivity contribution in [3.63, 3.8) is 0 Å². The number of methoxy groups -OCH3 is 1. The van der Waals surface area contributed by atoms with Gasteiger partial charge in [-0.05, 0) is 37.1 Å². The van der Waals surface area contributed by atoms with Gasteiger partial charge in [-0.25, -0.2) is 0 Å². The summed E-state index contributed by atoms with van der Waals surface area (Å²) in [5.74, 6) is 0.426. The summed E-state index contributed by atoms with van der Waals surface area (Å²) >= 11 is 0. The molecule has 0 saturated carbocycles. The number of nitrogens with one attached hydrogen (secondary N) is 1. The lowest BCUT2D eigenvalue weighted by Crippen LogP contribution is -2.33. The summed E-state index contributed by atoms with van der Waals surface area (Å²) in [6.45, 7) is 4.42. The first-order valence-corrected chi connectivity index (χ1v) is 8.95. The molecule has 1 aliphatic heterocycles. The van der Waals surface area contributed by atoms with Gasteiger partial charge in [-0.1, -0.05) is 13.3 Å². The molecule has 2 rings (SSSR count). The smallest absolute Gasteiger partial charge is 0.227 e. The second-order valence-electron chi connectivity index (χ2n) is 6.24. The van der Waals surface area contributed by atoms with Gasteiger partial charge in [-0.3, -0.25) is 9.59 Å². The molecule has 0 spiro atoms. The van der Waals surface area contributed by atoms with E-state index in [0.717, 1.165) is 30.7 Å². The average molecular weight is 348 g/mol. The number of amides is 2. The van der Waals surface area contributed by atoms with Crippen LogP contribution in [0.4, 0.5) is 5.69 Å². The Bertz CT molecular complexity index is 559. The zero-order valence-electron chi connectivity index (χ0n) is 15.1. The van der Waals surface area contributed by atoms with Crippen molar-refractivity contribution in [2.24, 2.45) is 5.92 Å². The van der Waals surface area contributed by atoms with Crippen LogP contribution in [0.1, 0.15) is 32.6 Å². The Hall–Kier alpha value is -2.08. The van der Waals surface area contributed by atoms with Gasteiger partial charge in [0.25, 0.3) is 0 Å².